The second kappa shape index (κ2) is 5.28. The molecule has 19 heavy (non-hydrogen) atoms. The fourth-order valence-electron chi connectivity index (χ4n) is 3.24. The van der Waals surface area contributed by atoms with E-state index in [0.717, 1.165) is 5.92 Å². The predicted octanol–water partition coefficient (Wildman–Crippen LogP) is 4.16. The highest BCUT2D eigenvalue weighted by atomic mass is 15.0. The molecule has 1 saturated heterocycles. The van der Waals surface area contributed by atoms with E-state index in [0.29, 0.717) is 5.41 Å². The molecule has 106 valence electrons. The number of nitrogens with one attached hydrogen (secondary N) is 1. The highest BCUT2D eigenvalue weighted by molar-refractivity contribution is 5.28. The zero-order chi connectivity index (χ0) is 14.1. The van der Waals surface area contributed by atoms with Crippen molar-refractivity contribution in [2.45, 2.75) is 52.9 Å². The van der Waals surface area contributed by atoms with Crippen LogP contribution in [0, 0.1) is 11.3 Å². The minimum Gasteiger partial charge on any atom is -0.316 e. The molecule has 1 aliphatic heterocycles. The molecule has 0 atom stereocenters. The second-order valence-corrected chi connectivity index (χ2v) is 7.83. The van der Waals surface area contributed by atoms with Gasteiger partial charge in [0.25, 0.3) is 0 Å². The molecule has 1 fully saturated rings. The molecule has 2 rings (SSSR count). The Bertz CT molecular complexity index is 404. The molecule has 0 aromatic heterocycles. The zero-order valence-electron chi connectivity index (χ0n) is 13.2. The fraction of sp³-hybridized carbons (Fsp3) is 0.667. The van der Waals surface area contributed by atoms with Gasteiger partial charge in [0, 0.05) is 13.1 Å². The topological polar surface area (TPSA) is 12.0 Å². The maximum absolute atomic E-state index is 3.46. The third-order valence-corrected chi connectivity index (χ3v) is 4.24. The van der Waals surface area contributed by atoms with E-state index in [-0.39, 0.29) is 5.41 Å². The van der Waals surface area contributed by atoms with Crippen molar-refractivity contribution in [3.8, 4) is 0 Å². The van der Waals surface area contributed by atoms with Gasteiger partial charge in [-0.25, -0.2) is 0 Å². The standard InChI is InChI=1S/C18H29N/c1-14(2)10-18(12-19-13-18)11-15-6-8-16(9-7-15)17(3,4)5/h6-9,14,19H,10-13H2,1-5H3. The van der Waals surface area contributed by atoms with Gasteiger partial charge in [-0.1, -0.05) is 58.9 Å². The van der Waals surface area contributed by atoms with Crippen LogP contribution >= 0.6 is 0 Å². The molecule has 0 aliphatic carbocycles. The minimum atomic E-state index is 0.256. The lowest BCUT2D eigenvalue weighted by Gasteiger charge is -2.44. The summed E-state index contributed by atoms with van der Waals surface area (Å²) in [4.78, 5) is 0. The smallest absolute Gasteiger partial charge is 0.00235 e. The second-order valence-electron chi connectivity index (χ2n) is 7.83. The Morgan fingerprint density at radius 1 is 1.11 bits per heavy atom. The summed E-state index contributed by atoms with van der Waals surface area (Å²) >= 11 is 0. The van der Waals surface area contributed by atoms with Gasteiger partial charge in [0.05, 0.1) is 0 Å². The Morgan fingerprint density at radius 2 is 1.68 bits per heavy atom. The number of rotatable bonds is 4. The van der Waals surface area contributed by atoms with Crippen molar-refractivity contribution in [1.29, 1.82) is 0 Å². The van der Waals surface area contributed by atoms with Crippen LogP contribution < -0.4 is 5.32 Å². The first kappa shape index (κ1) is 14.6. The number of benzene rings is 1. The summed E-state index contributed by atoms with van der Waals surface area (Å²) in [5.74, 6) is 0.788. The van der Waals surface area contributed by atoms with Crippen molar-refractivity contribution in [3.05, 3.63) is 35.4 Å². The van der Waals surface area contributed by atoms with Crippen LogP contribution in [0.5, 0.6) is 0 Å². The fourth-order valence-corrected chi connectivity index (χ4v) is 3.24. The highest BCUT2D eigenvalue weighted by Gasteiger charge is 2.37. The van der Waals surface area contributed by atoms with Crippen molar-refractivity contribution in [2.24, 2.45) is 11.3 Å². The van der Waals surface area contributed by atoms with Crippen LogP contribution in [-0.2, 0) is 11.8 Å². The molecular formula is C18H29N. The highest BCUT2D eigenvalue weighted by Crippen LogP contribution is 2.35. The van der Waals surface area contributed by atoms with Gasteiger partial charge in [-0.2, -0.15) is 0 Å². The van der Waals surface area contributed by atoms with Gasteiger partial charge >= 0.3 is 0 Å². The Kier molecular flexibility index (Phi) is 4.06. The van der Waals surface area contributed by atoms with E-state index in [2.05, 4.69) is 64.2 Å². The molecule has 1 aliphatic rings. The lowest BCUT2D eigenvalue weighted by molar-refractivity contribution is 0.131. The summed E-state index contributed by atoms with van der Waals surface area (Å²) < 4.78 is 0. The van der Waals surface area contributed by atoms with Crippen LogP contribution in [0.4, 0.5) is 0 Å². The Morgan fingerprint density at radius 3 is 2.05 bits per heavy atom. The third-order valence-electron chi connectivity index (χ3n) is 4.24. The van der Waals surface area contributed by atoms with Gasteiger partial charge in [-0.3, -0.25) is 0 Å². The minimum absolute atomic E-state index is 0.256. The molecule has 0 radical (unpaired) electrons. The van der Waals surface area contributed by atoms with Crippen molar-refractivity contribution < 1.29 is 0 Å². The Labute approximate surface area is 118 Å². The quantitative estimate of drug-likeness (QED) is 0.856. The predicted molar refractivity (Wildman–Crippen MR) is 83.6 cm³/mol. The van der Waals surface area contributed by atoms with Gasteiger partial charge in [-0.05, 0) is 40.7 Å². The first-order valence-electron chi connectivity index (χ1n) is 7.61. The van der Waals surface area contributed by atoms with E-state index < -0.39 is 0 Å². The van der Waals surface area contributed by atoms with Crippen LogP contribution in [0.1, 0.15) is 52.2 Å². The van der Waals surface area contributed by atoms with Crippen LogP contribution in [0.25, 0.3) is 0 Å². The third kappa shape index (κ3) is 3.60. The molecule has 1 N–H and O–H groups in total. The SMILES string of the molecule is CC(C)CC1(Cc2ccc(C(C)(C)C)cc2)CNC1. The van der Waals surface area contributed by atoms with Crippen molar-refractivity contribution in [1.82, 2.24) is 5.32 Å². The molecule has 0 spiro atoms. The zero-order valence-corrected chi connectivity index (χ0v) is 13.2. The van der Waals surface area contributed by atoms with Gasteiger partial charge in [-0.15, -0.1) is 0 Å². The lowest BCUT2D eigenvalue weighted by Crippen LogP contribution is -2.55. The molecule has 1 heterocycles. The summed E-state index contributed by atoms with van der Waals surface area (Å²) in [5.41, 5.74) is 3.69. The van der Waals surface area contributed by atoms with Crippen LogP contribution in [-0.4, -0.2) is 13.1 Å². The van der Waals surface area contributed by atoms with Crippen LogP contribution in [0.2, 0.25) is 0 Å². The average Bonchev–Trinajstić information content (AvgIpc) is 2.25. The summed E-state index contributed by atoms with van der Waals surface area (Å²) in [6, 6.07) is 9.29. The summed E-state index contributed by atoms with van der Waals surface area (Å²) in [6.45, 7) is 13.9. The molecule has 1 heteroatoms. The molecule has 1 aromatic carbocycles. The van der Waals surface area contributed by atoms with E-state index in [4.69, 9.17) is 0 Å². The Balaban J connectivity index is 2.06. The van der Waals surface area contributed by atoms with Crippen LogP contribution in [0.3, 0.4) is 0 Å². The van der Waals surface area contributed by atoms with E-state index in [1.54, 1.807) is 0 Å². The molecular weight excluding hydrogens is 230 g/mol. The molecule has 1 aromatic rings. The van der Waals surface area contributed by atoms with Gasteiger partial charge in [0.2, 0.25) is 0 Å². The largest absolute Gasteiger partial charge is 0.316 e. The number of hydrogen-bond donors (Lipinski definition) is 1. The van der Waals surface area contributed by atoms with Gasteiger partial charge in [0.1, 0.15) is 0 Å². The van der Waals surface area contributed by atoms with Crippen LogP contribution in [0.15, 0.2) is 24.3 Å². The molecule has 0 unspecified atom stereocenters. The monoisotopic (exact) mass is 259 g/mol. The molecule has 0 saturated carbocycles. The maximum Gasteiger partial charge on any atom is 0.00235 e. The lowest BCUT2D eigenvalue weighted by atomic mass is 9.71. The normalized spacial score (nSPS) is 18.4. The molecule has 0 bridgehead atoms. The van der Waals surface area contributed by atoms with E-state index in [9.17, 15) is 0 Å². The molecule has 1 nitrogen and oxygen atoms in total. The first-order chi connectivity index (χ1) is 8.81. The summed E-state index contributed by atoms with van der Waals surface area (Å²) in [5, 5.41) is 3.46. The summed E-state index contributed by atoms with van der Waals surface area (Å²) in [6.07, 6.45) is 2.56. The average molecular weight is 259 g/mol. The van der Waals surface area contributed by atoms with Gasteiger partial charge < -0.3 is 5.32 Å². The van der Waals surface area contributed by atoms with Gasteiger partial charge in [0.15, 0.2) is 0 Å². The van der Waals surface area contributed by atoms with Crippen molar-refractivity contribution >= 4 is 0 Å². The number of hydrogen-bond acceptors (Lipinski definition) is 1. The summed E-state index contributed by atoms with van der Waals surface area (Å²) in [7, 11) is 0. The van der Waals surface area contributed by atoms with E-state index in [1.165, 1.54) is 37.1 Å². The molecule has 0 amide bonds. The Hall–Kier alpha value is -0.820. The van der Waals surface area contributed by atoms with Crippen molar-refractivity contribution in [3.63, 3.8) is 0 Å². The maximum atomic E-state index is 3.46. The van der Waals surface area contributed by atoms with E-state index >= 15 is 0 Å². The first-order valence-corrected chi connectivity index (χ1v) is 7.61. The van der Waals surface area contributed by atoms with Crippen molar-refractivity contribution in [2.75, 3.05) is 13.1 Å². The van der Waals surface area contributed by atoms with E-state index in [1.807, 2.05) is 0 Å².